The lowest BCUT2D eigenvalue weighted by atomic mass is 10.2. The van der Waals surface area contributed by atoms with Crippen LogP contribution in [-0.2, 0) is 0 Å². The smallest absolute Gasteiger partial charge is 0.337 e. The summed E-state index contributed by atoms with van der Waals surface area (Å²) in [4.78, 5) is 14.5. The maximum Gasteiger partial charge on any atom is 0.337 e. The van der Waals surface area contributed by atoms with Crippen molar-refractivity contribution < 1.29 is 14.6 Å². The molecule has 1 heterocycles. The zero-order chi connectivity index (χ0) is 12.7. The van der Waals surface area contributed by atoms with E-state index in [1.807, 2.05) is 0 Å². The molecule has 0 bridgehead atoms. The van der Waals surface area contributed by atoms with Gasteiger partial charge in [-0.05, 0) is 12.5 Å². The van der Waals surface area contributed by atoms with Crippen LogP contribution in [-0.4, -0.2) is 22.7 Å². The van der Waals surface area contributed by atoms with Crippen molar-refractivity contribution in [3.63, 3.8) is 0 Å². The summed E-state index contributed by atoms with van der Waals surface area (Å²) in [6, 6.07) is 1.36. The molecular formula is C12H18N2O3. The summed E-state index contributed by atoms with van der Waals surface area (Å²) in [5.41, 5.74) is 5.98. The number of hydrogen-bond donors (Lipinski definition) is 2. The average Bonchev–Trinajstić information content (AvgIpc) is 2.30. The van der Waals surface area contributed by atoms with Crippen LogP contribution in [0.3, 0.4) is 0 Å². The molecule has 0 aliphatic carbocycles. The molecule has 1 rings (SSSR count). The van der Waals surface area contributed by atoms with Gasteiger partial charge in [-0.3, -0.25) is 0 Å². The summed E-state index contributed by atoms with van der Waals surface area (Å²) in [6.45, 7) is 2.70. The Bertz CT molecular complexity index is 380. The fraction of sp³-hybridized carbons (Fsp3) is 0.500. The SMILES string of the molecule is CCCCCCOc1ncc(C(=O)O)cc1N. The Kier molecular flexibility index (Phi) is 5.26. The molecule has 0 aromatic carbocycles. The molecule has 3 N–H and O–H groups in total. The third-order valence-corrected chi connectivity index (χ3v) is 2.36. The van der Waals surface area contributed by atoms with Gasteiger partial charge in [-0.2, -0.15) is 0 Å². The minimum Gasteiger partial charge on any atom is -0.478 e. The normalized spacial score (nSPS) is 10.2. The highest BCUT2D eigenvalue weighted by molar-refractivity contribution is 5.88. The third-order valence-electron chi connectivity index (χ3n) is 2.36. The summed E-state index contributed by atoms with van der Waals surface area (Å²) < 4.78 is 5.39. The third kappa shape index (κ3) is 4.30. The van der Waals surface area contributed by atoms with Crippen molar-refractivity contribution in [2.45, 2.75) is 32.6 Å². The van der Waals surface area contributed by atoms with Gasteiger partial charge in [0.1, 0.15) is 0 Å². The highest BCUT2D eigenvalue weighted by Crippen LogP contribution is 2.19. The second-order valence-corrected chi connectivity index (χ2v) is 3.83. The van der Waals surface area contributed by atoms with E-state index in [1.165, 1.54) is 25.1 Å². The molecule has 0 spiro atoms. The van der Waals surface area contributed by atoms with Gasteiger partial charge in [0, 0.05) is 6.20 Å². The number of aromatic carboxylic acids is 1. The fourth-order valence-electron chi connectivity index (χ4n) is 1.40. The van der Waals surface area contributed by atoms with Crippen molar-refractivity contribution in [3.05, 3.63) is 17.8 Å². The van der Waals surface area contributed by atoms with Crippen molar-refractivity contribution in [1.29, 1.82) is 0 Å². The van der Waals surface area contributed by atoms with E-state index in [4.69, 9.17) is 15.6 Å². The molecule has 0 atom stereocenters. The molecular weight excluding hydrogens is 220 g/mol. The van der Waals surface area contributed by atoms with E-state index in [9.17, 15) is 4.79 Å². The van der Waals surface area contributed by atoms with E-state index < -0.39 is 5.97 Å². The fourth-order valence-corrected chi connectivity index (χ4v) is 1.40. The van der Waals surface area contributed by atoms with E-state index >= 15 is 0 Å². The second-order valence-electron chi connectivity index (χ2n) is 3.83. The lowest BCUT2D eigenvalue weighted by molar-refractivity contribution is 0.0696. The molecule has 17 heavy (non-hydrogen) atoms. The Morgan fingerprint density at radius 2 is 2.24 bits per heavy atom. The molecule has 0 saturated heterocycles. The lowest BCUT2D eigenvalue weighted by Gasteiger charge is -2.07. The average molecular weight is 238 g/mol. The lowest BCUT2D eigenvalue weighted by Crippen LogP contribution is -2.05. The van der Waals surface area contributed by atoms with Crippen LogP contribution in [0.2, 0.25) is 0 Å². The molecule has 0 fully saturated rings. The van der Waals surface area contributed by atoms with Crippen LogP contribution in [0.4, 0.5) is 5.69 Å². The van der Waals surface area contributed by atoms with Gasteiger partial charge in [0.05, 0.1) is 17.9 Å². The number of rotatable bonds is 7. The van der Waals surface area contributed by atoms with E-state index in [1.54, 1.807) is 0 Å². The van der Waals surface area contributed by atoms with Crippen LogP contribution < -0.4 is 10.5 Å². The van der Waals surface area contributed by atoms with Crippen LogP contribution in [0.15, 0.2) is 12.3 Å². The van der Waals surface area contributed by atoms with Gasteiger partial charge in [-0.15, -0.1) is 0 Å². The molecule has 0 saturated carbocycles. The standard InChI is InChI=1S/C12H18N2O3/c1-2-3-4-5-6-17-11-10(13)7-9(8-14-11)12(15)16/h7-8H,2-6,13H2,1H3,(H,15,16). The van der Waals surface area contributed by atoms with Crippen molar-refractivity contribution in [3.8, 4) is 5.88 Å². The Hall–Kier alpha value is -1.78. The molecule has 5 nitrogen and oxygen atoms in total. The number of nitrogens with two attached hydrogens (primary N) is 1. The highest BCUT2D eigenvalue weighted by Gasteiger charge is 2.08. The van der Waals surface area contributed by atoms with Gasteiger partial charge in [0.2, 0.25) is 5.88 Å². The van der Waals surface area contributed by atoms with Crippen molar-refractivity contribution in [2.24, 2.45) is 0 Å². The first kappa shape index (κ1) is 13.3. The molecule has 94 valence electrons. The van der Waals surface area contributed by atoms with Crippen LogP contribution in [0, 0.1) is 0 Å². The maximum absolute atomic E-state index is 10.7. The van der Waals surface area contributed by atoms with Gasteiger partial charge < -0.3 is 15.6 Å². The van der Waals surface area contributed by atoms with Crippen LogP contribution >= 0.6 is 0 Å². The first-order chi connectivity index (χ1) is 8.15. The summed E-state index contributed by atoms with van der Waals surface area (Å²) >= 11 is 0. The Balaban J connectivity index is 2.46. The molecule has 0 unspecified atom stereocenters. The number of pyridine rings is 1. The number of ether oxygens (including phenoxy) is 1. The summed E-state index contributed by atoms with van der Waals surface area (Å²) in [5, 5.41) is 8.74. The molecule has 0 aliphatic rings. The van der Waals surface area contributed by atoms with Gasteiger partial charge in [-0.25, -0.2) is 9.78 Å². The van der Waals surface area contributed by atoms with Crippen LogP contribution in [0.5, 0.6) is 5.88 Å². The minimum atomic E-state index is -1.04. The number of carboxylic acids is 1. The van der Waals surface area contributed by atoms with E-state index in [2.05, 4.69) is 11.9 Å². The van der Waals surface area contributed by atoms with E-state index in [-0.39, 0.29) is 11.3 Å². The zero-order valence-electron chi connectivity index (χ0n) is 9.98. The number of carboxylic acid groups (broad SMARTS) is 1. The zero-order valence-corrected chi connectivity index (χ0v) is 9.98. The van der Waals surface area contributed by atoms with Gasteiger partial charge in [0.25, 0.3) is 0 Å². The topological polar surface area (TPSA) is 85.4 Å². The maximum atomic E-state index is 10.7. The van der Waals surface area contributed by atoms with Crippen LogP contribution in [0.1, 0.15) is 43.0 Å². The monoisotopic (exact) mass is 238 g/mol. The number of aromatic nitrogens is 1. The number of unbranched alkanes of at least 4 members (excludes halogenated alkanes) is 3. The summed E-state index contributed by atoms with van der Waals surface area (Å²) in [5.74, 6) is -0.731. The quantitative estimate of drug-likeness (QED) is 0.712. The molecule has 0 radical (unpaired) electrons. The number of hydrogen-bond acceptors (Lipinski definition) is 4. The van der Waals surface area contributed by atoms with Gasteiger partial charge in [-0.1, -0.05) is 26.2 Å². The van der Waals surface area contributed by atoms with Gasteiger partial charge in [0.15, 0.2) is 0 Å². The first-order valence-electron chi connectivity index (χ1n) is 5.76. The number of nitrogens with zero attached hydrogens (tertiary/aromatic N) is 1. The molecule has 0 amide bonds. The van der Waals surface area contributed by atoms with Crippen molar-refractivity contribution >= 4 is 11.7 Å². The predicted octanol–water partition coefficient (Wildman–Crippen LogP) is 2.32. The Morgan fingerprint density at radius 3 is 2.82 bits per heavy atom. The van der Waals surface area contributed by atoms with E-state index in [0.717, 1.165) is 12.8 Å². The Labute approximate surface area is 101 Å². The first-order valence-corrected chi connectivity index (χ1v) is 5.76. The molecule has 5 heteroatoms. The number of anilines is 1. The molecule has 1 aromatic rings. The molecule has 1 aromatic heterocycles. The summed E-state index contributed by atoms with van der Waals surface area (Å²) in [6.07, 6.45) is 5.68. The largest absolute Gasteiger partial charge is 0.478 e. The highest BCUT2D eigenvalue weighted by atomic mass is 16.5. The second kappa shape index (κ2) is 6.73. The van der Waals surface area contributed by atoms with Crippen LogP contribution in [0.25, 0.3) is 0 Å². The minimum absolute atomic E-state index is 0.0702. The number of nitrogen functional groups attached to an aromatic ring is 1. The predicted molar refractivity (Wildman–Crippen MR) is 65.2 cm³/mol. The molecule has 0 aliphatic heterocycles. The number of carbonyl (C=O) groups is 1. The van der Waals surface area contributed by atoms with Gasteiger partial charge >= 0.3 is 5.97 Å². The van der Waals surface area contributed by atoms with Crippen molar-refractivity contribution in [2.75, 3.05) is 12.3 Å². The van der Waals surface area contributed by atoms with Crippen molar-refractivity contribution in [1.82, 2.24) is 4.98 Å². The summed E-state index contributed by atoms with van der Waals surface area (Å²) in [7, 11) is 0. The Morgan fingerprint density at radius 1 is 1.47 bits per heavy atom. The van der Waals surface area contributed by atoms with E-state index in [0.29, 0.717) is 12.5 Å².